The molecule has 0 bridgehead atoms. The van der Waals surface area contributed by atoms with E-state index in [1.54, 1.807) is 17.4 Å². The largest absolute Gasteiger partial charge is 0.488 e. The fourth-order valence-electron chi connectivity index (χ4n) is 4.91. The van der Waals surface area contributed by atoms with Crippen LogP contribution >= 0.6 is 0 Å². The van der Waals surface area contributed by atoms with Crippen LogP contribution in [0.4, 0.5) is 17.6 Å². The molecule has 1 aliphatic heterocycles. The van der Waals surface area contributed by atoms with Gasteiger partial charge < -0.3 is 4.74 Å². The van der Waals surface area contributed by atoms with Crippen molar-refractivity contribution in [3.8, 4) is 11.8 Å². The zero-order valence-corrected chi connectivity index (χ0v) is 19.7. The van der Waals surface area contributed by atoms with Crippen LogP contribution in [0.1, 0.15) is 65.0 Å². The van der Waals surface area contributed by atoms with Gasteiger partial charge in [0.15, 0.2) is 0 Å². The van der Waals surface area contributed by atoms with E-state index in [4.69, 9.17) is 4.74 Å². The molecule has 6 rings (SSSR count). The van der Waals surface area contributed by atoms with Crippen LogP contribution in [0.5, 0.6) is 5.75 Å². The van der Waals surface area contributed by atoms with Crippen molar-refractivity contribution in [1.29, 1.82) is 5.26 Å². The van der Waals surface area contributed by atoms with Gasteiger partial charge in [-0.05, 0) is 54.7 Å². The molecule has 0 spiro atoms. The first-order chi connectivity index (χ1) is 17.7. The molecule has 0 atom stereocenters. The Labute approximate surface area is 209 Å². The lowest BCUT2D eigenvalue weighted by Crippen LogP contribution is -2.09. The lowest BCUT2D eigenvalue weighted by molar-refractivity contribution is -0.141. The summed E-state index contributed by atoms with van der Waals surface area (Å²) in [5.41, 5.74) is 5.01. The summed E-state index contributed by atoms with van der Waals surface area (Å²) in [6.45, 7) is 1.90. The van der Waals surface area contributed by atoms with Gasteiger partial charge in [0.25, 0.3) is 0 Å². The Bertz CT molecular complexity index is 1640. The van der Waals surface area contributed by atoms with Crippen LogP contribution in [0.15, 0.2) is 54.2 Å². The minimum Gasteiger partial charge on any atom is -0.488 e. The second-order valence-electron chi connectivity index (χ2n) is 9.41. The smallest absolute Gasteiger partial charge is 0.433 e. The molecule has 1 aliphatic carbocycles. The van der Waals surface area contributed by atoms with Gasteiger partial charge >= 0.3 is 6.18 Å². The fraction of sp³-hybridized carbons (Fsp3) is 0.250. The molecule has 0 N–H and O–H groups in total. The van der Waals surface area contributed by atoms with Gasteiger partial charge in [-0.1, -0.05) is 18.2 Å². The number of alkyl halides is 3. The summed E-state index contributed by atoms with van der Waals surface area (Å²) in [5.74, 6) is 0.193. The first-order valence-electron chi connectivity index (χ1n) is 11.8. The van der Waals surface area contributed by atoms with Gasteiger partial charge in [-0.25, -0.2) is 14.4 Å². The molecule has 2 aromatic carbocycles. The summed E-state index contributed by atoms with van der Waals surface area (Å²) in [7, 11) is 0. The summed E-state index contributed by atoms with van der Waals surface area (Å²) in [5, 5.41) is 9.66. The Morgan fingerprint density at radius 1 is 1.11 bits per heavy atom. The SMILES string of the molecule is C/C(C#N)=C1/c2ccc(Cc3c(C4CC4)nc4nc(C(F)(F)F)ccn34)cc2COc2cc(F)ccc21. The average molecular weight is 504 g/mol. The zero-order chi connectivity index (χ0) is 25.9. The van der Waals surface area contributed by atoms with Crippen molar-refractivity contribution in [3.05, 3.63) is 99.4 Å². The highest BCUT2D eigenvalue weighted by Gasteiger charge is 2.35. The standard InChI is InChI=1S/C28H20F4N4O/c1-15(13-33)25-20-6-2-16(10-18(20)14-37-23-12-19(29)5-7-21(23)25)11-22-26(17-3-4-17)35-27-34-24(28(30,31)32)8-9-36(22)27/h2,5-10,12,17H,3-4,11,14H2,1H3/b25-15+. The molecular formula is C28H20F4N4O. The maximum absolute atomic E-state index is 13.9. The van der Waals surface area contributed by atoms with E-state index >= 15 is 0 Å². The summed E-state index contributed by atoms with van der Waals surface area (Å²) in [6, 6.07) is 13.3. The Morgan fingerprint density at radius 2 is 1.89 bits per heavy atom. The lowest BCUT2D eigenvalue weighted by atomic mass is 9.89. The number of allylic oxidation sites excluding steroid dienone is 1. The minimum absolute atomic E-state index is 0.0390. The summed E-state index contributed by atoms with van der Waals surface area (Å²) >= 11 is 0. The maximum atomic E-state index is 13.9. The van der Waals surface area contributed by atoms with Gasteiger partial charge in [0.2, 0.25) is 5.78 Å². The van der Waals surface area contributed by atoms with Crippen molar-refractivity contribution in [2.45, 2.75) is 44.9 Å². The number of rotatable bonds is 3. The molecule has 9 heteroatoms. The third-order valence-corrected chi connectivity index (χ3v) is 6.83. The number of imidazole rings is 1. The van der Waals surface area contributed by atoms with Crippen molar-refractivity contribution < 1.29 is 22.3 Å². The van der Waals surface area contributed by atoms with Crippen molar-refractivity contribution in [1.82, 2.24) is 14.4 Å². The number of halogens is 4. The van der Waals surface area contributed by atoms with Crippen LogP contribution in [0.25, 0.3) is 11.4 Å². The van der Waals surface area contributed by atoms with Crippen LogP contribution in [0.3, 0.4) is 0 Å². The van der Waals surface area contributed by atoms with Crippen molar-refractivity contribution in [2.24, 2.45) is 0 Å². The van der Waals surface area contributed by atoms with Gasteiger partial charge in [0.1, 0.15) is 23.9 Å². The minimum atomic E-state index is -4.54. The summed E-state index contributed by atoms with van der Waals surface area (Å²) in [4.78, 5) is 8.25. The van der Waals surface area contributed by atoms with Gasteiger partial charge in [-0.3, -0.25) is 4.40 Å². The van der Waals surface area contributed by atoms with E-state index in [2.05, 4.69) is 16.0 Å². The molecular weight excluding hydrogens is 484 g/mol. The third kappa shape index (κ3) is 4.12. The van der Waals surface area contributed by atoms with E-state index in [0.29, 0.717) is 28.9 Å². The molecule has 1 fully saturated rings. The lowest BCUT2D eigenvalue weighted by Gasteiger charge is -2.13. The predicted molar refractivity (Wildman–Crippen MR) is 127 cm³/mol. The number of ether oxygens (including phenoxy) is 1. The number of benzene rings is 2. The van der Waals surface area contributed by atoms with Crippen LogP contribution in [-0.2, 0) is 19.2 Å². The first kappa shape index (κ1) is 23.2. The summed E-state index contributed by atoms with van der Waals surface area (Å²) in [6.07, 6.45) is -0.841. The number of nitrogens with zero attached hydrogens (tertiary/aromatic N) is 4. The molecule has 0 amide bonds. The van der Waals surface area contributed by atoms with Crippen molar-refractivity contribution in [2.75, 3.05) is 0 Å². The van der Waals surface area contributed by atoms with Crippen LogP contribution in [0.2, 0.25) is 0 Å². The third-order valence-electron chi connectivity index (χ3n) is 6.83. The van der Waals surface area contributed by atoms with Gasteiger partial charge in [0.05, 0.1) is 17.5 Å². The van der Waals surface area contributed by atoms with Crippen LogP contribution in [-0.4, -0.2) is 14.4 Å². The Kier molecular flexibility index (Phi) is 5.30. The van der Waals surface area contributed by atoms with E-state index in [0.717, 1.165) is 47.0 Å². The van der Waals surface area contributed by atoms with Crippen LogP contribution in [0, 0.1) is 17.1 Å². The monoisotopic (exact) mass is 504 g/mol. The number of hydrogen-bond acceptors (Lipinski definition) is 4. The second kappa shape index (κ2) is 8.44. The van der Waals surface area contributed by atoms with Crippen molar-refractivity contribution in [3.63, 3.8) is 0 Å². The quantitative estimate of drug-likeness (QED) is 0.233. The number of nitriles is 1. The normalized spacial score (nSPS) is 16.4. The second-order valence-corrected chi connectivity index (χ2v) is 9.41. The highest BCUT2D eigenvalue weighted by atomic mass is 19.4. The number of hydrogen-bond donors (Lipinski definition) is 0. The van der Waals surface area contributed by atoms with Crippen molar-refractivity contribution >= 4 is 11.4 Å². The van der Waals surface area contributed by atoms with E-state index < -0.39 is 17.7 Å². The van der Waals surface area contributed by atoms with E-state index in [1.165, 1.54) is 18.3 Å². The Morgan fingerprint density at radius 3 is 2.62 bits per heavy atom. The molecule has 2 aliphatic rings. The van der Waals surface area contributed by atoms with E-state index in [1.807, 2.05) is 18.2 Å². The average Bonchev–Trinajstić information content (AvgIpc) is 3.67. The molecule has 186 valence electrons. The highest BCUT2D eigenvalue weighted by Crippen LogP contribution is 2.43. The van der Waals surface area contributed by atoms with Gasteiger partial charge in [-0.15, -0.1) is 0 Å². The molecule has 0 unspecified atom stereocenters. The maximum Gasteiger partial charge on any atom is 0.433 e. The molecule has 1 saturated carbocycles. The first-order valence-corrected chi connectivity index (χ1v) is 11.8. The van der Waals surface area contributed by atoms with Gasteiger partial charge in [-0.2, -0.15) is 18.4 Å². The Hall–Kier alpha value is -4.19. The molecule has 3 heterocycles. The van der Waals surface area contributed by atoms with Crippen LogP contribution < -0.4 is 4.74 Å². The molecule has 37 heavy (non-hydrogen) atoms. The topological polar surface area (TPSA) is 63.2 Å². The Balaban J connectivity index is 1.43. The zero-order valence-electron chi connectivity index (χ0n) is 19.7. The molecule has 4 aromatic rings. The highest BCUT2D eigenvalue weighted by molar-refractivity contribution is 5.88. The molecule has 2 aromatic heterocycles. The predicted octanol–water partition coefficient (Wildman–Crippen LogP) is 6.59. The summed E-state index contributed by atoms with van der Waals surface area (Å²) < 4.78 is 61.1. The van der Waals surface area contributed by atoms with E-state index in [-0.39, 0.29) is 18.3 Å². The number of aromatic nitrogens is 3. The number of fused-ring (bicyclic) bond motifs is 3. The molecule has 5 nitrogen and oxygen atoms in total. The van der Waals surface area contributed by atoms with E-state index in [9.17, 15) is 22.8 Å². The fourth-order valence-corrected chi connectivity index (χ4v) is 4.91. The molecule has 0 saturated heterocycles. The molecule has 0 radical (unpaired) electrons. The van der Waals surface area contributed by atoms with Gasteiger partial charge in [0, 0.05) is 41.3 Å².